The molecule has 0 aliphatic rings. The van der Waals surface area contributed by atoms with E-state index in [1.807, 2.05) is 0 Å². The summed E-state index contributed by atoms with van der Waals surface area (Å²) >= 11 is 5.89. The van der Waals surface area contributed by atoms with Crippen molar-refractivity contribution in [3.8, 4) is 11.3 Å². The fourth-order valence-corrected chi connectivity index (χ4v) is 3.66. The smallest absolute Gasteiger partial charge is 0.369 e. The molecule has 2 N–H and O–H groups in total. The minimum atomic E-state index is -4.70. The van der Waals surface area contributed by atoms with Crippen molar-refractivity contribution < 1.29 is 22.8 Å². The van der Waals surface area contributed by atoms with Crippen molar-refractivity contribution in [3.05, 3.63) is 40.3 Å². The largest absolute Gasteiger partial charge is 0.431 e. The number of halogens is 4. The van der Waals surface area contributed by atoms with Crippen molar-refractivity contribution >= 4 is 23.4 Å². The highest BCUT2D eigenvalue weighted by Crippen LogP contribution is 2.42. The van der Waals surface area contributed by atoms with E-state index >= 15 is 0 Å². The van der Waals surface area contributed by atoms with E-state index < -0.39 is 35.1 Å². The molecule has 0 aromatic carbocycles. The molecular weight excluding hydrogens is 433 g/mol. The summed E-state index contributed by atoms with van der Waals surface area (Å²) in [5.74, 6) is -1.30. The lowest BCUT2D eigenvalue weighted by molar-refractivity contribution is -0.144. The second kappa shape index (κ2) is 8.53. The van der Waals surface area contributed by atoms with Crippen LogP contribution >= 0.6 is 11.6 Å². The zero-order valence-electron chi connectivity index (χ0n) is 18.3. The fourth-order valence-electron chi connectivity index (χ4n) is 3.55. The highest BCUT2D eigenvalue weighted by molar-refractivity contribution is 6.30. The SMILES string of the molecule is Cc1c(-c2ccc(Cl)cn2)c(C(=O)N(C)CC(C)(C)C(N)=O)n(C(C)C)c1C(F)(F)F. The molecule has 31 heavy (non-hydrogen) atoms. The summed E-state index contributed by atoms with van der Waals surface area (Å²) in [4.78, 5) is 30.5. The number of pyridine rings is 1. The van der Waals surface area contributed by atoms with Gasteiger partial charge in [-0.05, 0) is 52.3 Å². The van der Waals surface area contributed by atoms with Gasteiger partial charge in [0.15, 0.2) is 0 Å². The Balaban J connectivity index is 2.81. The molecule has 2 aromatic heterocycles. The first-order chi connectivity index (χ1) is 14.1. The number of aromatic nitrogens is 2. The quantitative estimate of drug-likeness (QED) is 0.681. The third kappa shape index (κ3) is 4.87. The van der Waals surface area contributed by atoms with E-state index in [-0.39, 0.29) is 29.1 Å². The molecule has 10 heteroatoms. The molecule has 0 saturated heterocycles. The van der Waals surface area contributed by atoms with Gasteiger partial charge in [-0.1, -0.05) is 11.6 Å². The Labute approximate surface area is 184 Å². The van der Waals surface area contributed by atoms with Gasteiger partial charge in [0.2, 0.25) is 5.91 Å². The second-order valence-corrected chi connectivity index (χ2v) is 8.87. The van der Waals surface area contributed by atoms with E-state index in [4.69, 9.17) is 17.3 Å². The van der Waals surface area contributed by atoms with Crippen molar-refractivity contribution in [3.63, 3.8) is 0 Å². The van der Waals surface area contributed by atoms with Gasteiger partial charge in [0.05, 0.1) is 16.1 Å². The maximum absolute atomic E-state index is 14.0. The van der Waals surface area contributed by atoms with Crippen LogP contribution in [0.1, 0.15) is 55.5 Å². The number of carbonyl (C=O) groups is 2. The number of amides is 2. The van der Waals surface area contributed by atoms with Crippen LogP contribution in [0.15, 0.2) is 18.3 Å². The Morgan fingerprint density at radius 3 is 2.26 bits per heavy atom. The number of hydrogen-bond donors (Lipinski definition) is 1. The van der Waals surface area contributed by atoms with Crippen molar-refractivity contribution in [2.45, 2.75) is 46.8 Å². The van der Waals surface area contributed by atoms with Crippen molar-refractivity contribution in [1.29, 1.82) is 0 Å². The summed E-state index contributed by atoms with van der Waals surface area (Å²) < 4.78 is 43.1. The lowest BCUT2D eigenvalue weighted by Crippen LogP contribution is -2.44. The van der Waals surface area contributed by atoms with E-state index in [2.05, 4.69) is 4.98 Å². The van der Waals surface area contributed by atoms with E-state index in [1.54, 1.807) is 27.7 Å². The zero-order valence-corrected chi connectivity index (χ0v) is 19.0. The minimum absolute atomic E-state index is 0.0711. The van der Waals surface area contributed by atoms with Crippen LogP contribution in [0.4, 0.5) is 13.2 Å². The Bertz CT molecular complexity index is 996. The Hall–Kier alpha value is -2.55. The molecule has 0 spiro atoms. The Kier molecular flexibility index (Phi) is 6.80. The predicted octanol–water partition coefficient (Wildman–Crippen LogP) is 4.70. The molecule has 0 radical (unpaired) electrons. The Morgan fingerprint density at radius 2 is 1.84 bits per heavy atom. The van der Waals surface area contributed by atoms with Gasteiger partial charge in [0.1, 0.15) is 11.4 Å². The number of alkyl halides is 3. The highest BCUT2D eigenvalue weighted by Gasteiger charge is 2.43. The van der Waals surface area contributed by atoms with Gasteiger partial charge in [0.25, 0.3) is 5.91 Å². The van der Waals surface area contributed by atoms with E-state index in [9.17, 15) is 22.8 Å². The molecule has 0 saturated carbocycles. The zero-order chi connectivity index (χ0) is 23.9. The van der Waals surface area contributed by atoms with Crippen LogP contribution in [-0.4, -0.2) is 39.9 Å². The second-order valence-electron chi connectivity index (χ2n) is 8.43. The molecule has 2 rings (SSSR count). The molecule has 2 aromatic rings. The summed E-state index contributed by atoms with van der Waals surface area (Å²) in [6, 6.07) is 2.30. The van der Waals surface area contributed by atoms with Crippen LogP contribution in [0.5, 0.6) is 0 Å². The monoisotopic (exact) mass is 458 g/mol. The summed E-state index contributed by atoms with van der Waals surface area (Å²) in [6.07, 6.45) is -3.39. The van der Waals surface area contributed by atoms with Crippen LogP contribution in [0, 0.1) is 12.3 Å². The summed E-state index contributed by atoms with van der Waals surface area (Å²) in [6.45, 7) is 7.51. The summed E-state index contributed by atoms with van der Waals surface area (Å²) in [5, 5.41) is 0.314. The van der Waals surface area contributed by atoms with Crippen molar-refractivity contribution in [2.24, 2.45) is 11.1 Å². The van der Waals surface area contributed by atoms with Crippen LogP contribution < -0.4 is 5.73 Å². The Morgan fingerprint density at radius 1 is 1.26 bits per heavy atom. The predicted molar refractivity (Wildman–Crippen MR) is 113 cm³/mol. The van der Waals surface area contributed by atoms with Gasteiger partial charge in [-0.2, -0.15) is 13.2 Å². The first-order valence-corrected chi connectivity index (χ1v) is 9.96. The highest BCUT2D eigenvalue weighted by atomic mass is 35.5. The molecule has 0 bridgehead atoms. The maximum Gasteiger partial charge on any atom is 0.431 e. The summed E-state index contributed by atoms with van der Waals surface area (Å²) in [5.41, 5.74) is 3.42. The number of primary amides is 1. The topological polar surface area (TPSA) is 81.2 Å². The van der Waals surface area contributed by atoms with Gasteiger partial charge < -0.3 is 15.2 Å². The van der Waals surface area contributed by atoms with Gasteiger partial charge >= 0.3 is 6.18 Å². The molecule has 2 amide bonds. The van der Waals surface area contributed by atoms with Crippen LogP contribution in [0.2, 0.25) is 5.02 Å². The molecule has 0 atom stereocenters. The number of rotatable bonds is 6. The van der Waals surface area contributed by atoms with Crippen LogP contribution in [-0.2, 0) is 11.0 Å². The van der Waals surface area contributed by atoms with E-state index in [0.29, 0.717) is 5.02 Å². The standard InChI is InChI=1S/C21H26ClF3N4O2/c1-11(2)29-16(18(30)28(6)10-20(4,5)19(26)31)15(12(3)17(29)21(23,24)25)14-8-7-13(22)9-27-14/h7-9,11H,10H2,1-6H3,(H2,26,31). The molecular formula is C21H26ClF3N4O2. The number of carbonyl (C=O) groups excluding carboxylic acids is 2. The van der Waals surface area contributed by atoms with E-state index in [1.165, 1.54) is 37.2 Å². The fraction of sp³-hybridized carbons (Fsp3) is 0.476. The van der Waals surface area contributed by atoms with Crippen molar-refractivity contribution in [2.75, 3.05) is 13.6 Å². The average Bonchev–Trinajstić information content (AvgIpc) is 2.94. The van der Waals surface area contributed by atoms with Crippen LogP contribution in [0.25, 0.3) is 11.3 Å². The number of nitrogens with zero attached hydrogens (tertiary/aromatic N) is 3. The average molecular weight is 459 g/mol. The summed E-state index contributed by atoms with van der Waals surface area (Å²) in [7, 11) is 1.42. The first kappa shape index (κ1) is 24.7. The number of hydrogen-bond acceptors (Lipinski definition) is 3. The molecule has 0 fully saturated rings. The molecule has 0 aliphatic heterocycles. The third-order valence-electron chi connectivity index (χ3n) is 5.07. The lowest BCUT2D eigenvalue weighted by atomic mass is 9.92. The van der Waals surface area contributed by atoms with Gasteiger partial charge in [-0.25, -0.2) is 0 Å². The van der Waals surface area contributed by atoms with Crippen LogP contribution in [0.3, 0.4) is 0 Å². The van der Waals surface area contributed by atoms with Gasteiger partial charge in [-0.3, -0.25) is 14.6 Å². The van der Waals surface area contributed by atoms with E-state index in [0.717, 1.165) is 4.57 Å². The first-order valence-electron chi connectivity index (χ1n) is 9.58. The molecule has 0 aliphatic carbocycles. The minimum Gasteiger partial charge on any atom is -0.369 e. The molecule has 0 unspecified atom stereocenters. The number of nitrogens with two attached hydrogens (primary N) is 1. The van der Waals surface area contributed by atoms with Gasteiger partial charge in [0, 0.05) is 31.4 Å². The molecule has 170 valence electrons. The molecule has 6 nitrogen and oxygen atoms in total. The molecule has 2 heterocycles. The lowest BCUT2D eigenvalue weighted by Gasteiger charge is -2.29. The maximum atomic E-state index is 14.0. The van der Waals surface area contributed by atoms with Crippen molar-refractivity contribution in [1.82, 2.24) is 14.5 Å². The van der Waals surface area contributed by atoms with Gasteiger partial charge in [-0.15, -0.1) is 0 Å². The third-order valence-corrected chi connectivity index (χ3v) is 5.29. The normalized spacial score (nSPS) is 12.4.